The number of guanidine groups is 2. The van der Waals surface area contributed by atoms with Crippen molar-refractivity contribution in [3.63, 3.8) is 0 Å². The highest BCUT2D eigenvalue weighted by molar-refractivity contribution is 7.99. The van der Waals surface area contributed by atoms with E-state index in [1.165, 1.54) is 0 Å². The number of nitrogens with zero attached hydrogens (tertiary/aromatic N) is 2. The first-order valence-corrected chi connectivity index (χ1v) is 5.04. The largest absolute Gasteiger partial charge is 0.370 e. The quantitative estimate of drug-likeness (QED) is 0.433. The molecule has 0 radical (unpaired) electrons. The lowest BCUT2D eigenvalue weighted by Gasteiger charge is -2.18. The van der Waals surface area contributed by atoms with E-state index in [-0.39, 0.29) is 16.7 Å². The van der Waals surface area contributed by atoms with Gasteiger partial charge in [0.2, 0.25) is 5.96 Å². The zero-order valence-corrected chi connectivity index (χ0v) is 9.06. The molecule has 0 saturated heterocycles. The molecule has 0 rings (SSSR count). The monoisotopic (exact) mass is 203 g/mol. The molecule has 0 spiro atoms. The van der Waals surface area contributed by atoms with Gasteiger partial charge in [-0.2, -0.15) is 16.8 Å². The molecule has 0 amide bonds. The highest BCUT2D eigenvalue weighted by Crippen LogP contribution is 2.20. The van der Waals surface area contributed by atoms with Crippen molar-refractivity contribution >= 4 is 23.7 Å². The third-order valence-corrected chi connectivity index (χ3v) is 2.65. The van der Waals surface area contributed by atoms with E-state index >= 15 is 0 Å². The SMILES string of the molecule is CSC(C)(C)CN=C(N)N=C(N)N. The van der Waals surface area contributed by atoms with Crippen molar-refractivity contribution in [2.24, 2.45) is 27.2 Å². The van der Waals surface area contributed by atoms with Gasteiger partial charge in [-0.05, 0) is 20.1 Å². The van der Waals surface area contributed by atoms with Crippen molar-refractivity contribution in [1.82, 2.24) is 0 Å². The Bertz CT molecular complexity index is 217. The van der Waals surface area contributed by atoms with Crippen LogP contribution in [0.1, 0.15) is 13.8 Å². The van der Waals surface area contributed by atoms with E-state index in [0.29, 0.717) is 6.54 Å². The summed E-state index contributed by atoms with van der Waals surface area (Å²) in [5.41, 5.74) is 15.7. The number of hydrogen-bond donors (Lipinski definition) is 3. The zero-order chi connectivity index (χ0) is 10.5. The summed E-state index contributed by atoms with van der Waals surface area (Å²) in [6.45, 7) is 4.74. The molecule has 0 aromatic rings. The molecule has 0 saturated carbocycles. The fraction of sp³-hybridized carbons (Fsp3) is 0.714. The van der Waals surface area contributed by atoms with Crippen molar-refractivity contribution in [1.29, 1.82) is 0 Å². The van der Waals surface area contributed by atoms with Gasteiger partial charge in [0.25, 0.3) is 0 Å². The van der Waals surface area contributed by atoms with E-state index < -0.39 is 0 Å². The van der Waals surface area contributed by atoms with Crippen molar-refractivity contribution in [3.8, 4) is 0 Å². The Morgan fingerprint density at radius 2 is 1.85 bits per heavy atom. The minimum absolute atomic E-state index is 0.0590. The van der Waals surface area contributed by atoms with Crippen LogP contribution < -0.4 is 17.2 Å². The predicted molar refractivity (Wildman–Crippen MR) is 59.9 cm³/mol. The number of hydrogen-bond acceptors (Lipinski definition) is 2. The molecule has 13 heavy (non-hydrogen) atoms. The molecule has 0 fully saturated rings. The molecule has 0 aromatic carbocycles. The Hall–Kier alpha value is -0.910. The summed E-state index contributed by atoms with van der Waals surface area (Å²) >= 11 is 1.71. The average Bonchev–Trinajstić information content (AvgIpc) is 2.00. The molecule has 76 valence electrons. The number of rotatable bonds is 3. The Labute approximate surface area is 82.9 Å². The Morgan fingerprint density at radius 3 is 2.23 bits per heavy atom. The maximum Gasteiger partial charge on any atom is 0.218 e. The summed E-state index contributed by atoms with van der Waals surface area (Å²) in [5.74, 6) is 0.0605. The van der Waals surface area contributed by atoms with E-state index in [4.69, 9.17) is 17.2 Å². The van der Waals surface area contributed by atoms with Crippen LogP contribution in [0.5, 0.6) is 0 Å². The van der Waals surface area contributed by atoms with Crippen molar-refractivity contribution < 1.29 is 0 Å². The summed E-state index contributed by atoms with van der Waals surface area (Å²) in [4.78, 5) is 7.64. The third kappa shape index (κ3) is 6.27. The third-order valence-electron chi connectivity index (χ3n) is 1.42. The van der Waals surface area contributed by atoms with E-state index in [0.717, 1.165) is 0 Å². The molecule has 0 heterocycles. The molecule has 0 unspecified atom stereocenters. The molecule has 5 nitrogen and oxygen atoms in total. The maximum atomic E-state index is 5.43. The minimum Gasteiger partial charge on any atom is -0.370 e. The molecule has 0 aliphatic heterocycles. The van der Waals surface area contributed by atoms with Gasteiger partial charge in [0, 0.05) is 4.75 Å². The van der Waals surface area contributed by atoms with Gasteiger partial charge < -0.3 is 17.2 Å². The summed E-state index contributed by atoms with van der Waals surface area (Å²) in [6.07, 6.45) is 2.02. The molecule has 0 aliphatic rings. The smallest absolute Gasteiger partial charge is 0.218 e. The summed E-state index contributed by atoms with van der Waals surface area (Å²) in [6, 6.07) is 0. The number of thioether (sulfide) groups is 1. The molecule has 6 N–H and O–H groups in total. The normalized spacial score (nSPS) is 12.7. The minimum atomic E-state index is -0.0665. The van der Waals surface area contributed by atoms with Gasteiger partial charge in [-0.25, -0.2) is 0 Å². The van der Waals surface area contributed by atoms with Crippen LogP contribution in [0.2, 0.25) is 0 Å². The van der Waals surface area contributed by atoms with Gasteiger partial charge in [0.05, 0.1) is 6.54 Å². The standard InChI is InChI=1S/C7H17N5S/c1-7(2,13-3)4-11-6(10)12-5(8)9/h4H2,1-3H3,(H6,8,9,10,11,12). The van der Waals surface area contributed by atoms with Crippen molar-refractivity contribution in [2.45, 2.75) is 18.6 Å². The fourth-order valence-electron chi connectivity index (χ4n) is 0.504. The van der Waals surface area contributed by atoms with E-state index in [2.05, 4.69) is 23.8 Å². The first-order valence-electron chi connectivity index (χ1n) is 3.82. The number of aliphatic imine (C=N–C) groups is 2. The van der Waals surface area contributed by atoms with Crippen LogP contribution in [0.4, 0.5) is 0 Å². The topological polar surface area (TPSA) is 103 Å². The Morgan fingerprint density at radius 1 is 1.31 bits per heavy atom. The average molecular weight is 203 g/mol. The second kappa shape index (κ2) is 4.96. The zero-order valence-electron chi connectivity index (χ0n) is 8.24. The second-order valence-electron chi connectivity index (χ2n) is 3.17. The molecule has 6 heteroatoms. The molecule has 0 bridgehead atoms. The van der Waals surface area contributed by atoms with Crippen LogP contribution in [-0.4, -0.2) is 29.5 Å². The van der Waals surface area contributed by atoms with Crippen LogP contribution in [-0.2, 0) is 0 Å². The Kier molecular flexibility index (Phi) is 4.61. The van der Waals surface area contributed by atoms with Gasteiger partial charge in [0.1, 0.15) is 0 Å². The van der Waals surface area contributed by atoms with Crippen LogP contribution >= 0.6 is 11.8 Å². The van der Waals surface area contributed by atoms with Crippen LogP contribution in [0.3, 0.4) is 0 Å². The van der Waals surface area contributed by atoms with Crippen LogP contribution in [0.15, 0.2) is 9.98 Å². The van der Waals surface area contributed by atoms with E-state index in [1.807, 2.05) is 6.26 Å². The molecule has 0 aromatic heterocycles. The first kappa shape index (κ1) is 12.1. The summed E-state index contributed by atoms with van der Waals surface area (Å²) in [7, 11) is 0. The second-order valence-corrected chi connectivity index (χ2v) is 4.69. The van der Waals surface area contributed by atoms with Gasteiger partial charge >= 0.3 is 0 Å². The number of nitrogens with two attached hydrogens (primary N) is 3. The molecular weight excluding hydrogens is 186 g/mol. The molecule has 0 aliphatic carbocycles. The lowest BCUT2D eigenvalue weighted by atomic mass is 10.2. The molecular formula is C7H17N5S. The maximum absolute atomic E-state index is 5.43. The van der Waals surface area contributed by atoms with Crippen molar-refractivity contribution in [2.75, 3.05) is 12.8 Å². The van der Waals surface area contributed by atoms with E-state index in [9.17, 15) is 0 Å². The lowest BCUT2D eigenvalue weighted by molar-refractivity contribution is 0.725. The van der Waals surface area contributed by atoms with Gasteiger partial charge in [-0.15, -0.1) is 0 Å². The highest BCUT2D eigenvalue weighted by Gasteiger charge is 2.14. The van der Waals surface area contributed by atoms with Gasteiger partial charge in [0.15, 0.2) is 5.96 Å². The lowest BCUT2D eigenvalue weighted by Crippen LogP contribution is -2.27. The van der Waals surface area contributed by atoms with Gasteiger partial charge in [-0.3, -0.25) is 4.99 Å². The van der Waals surface area contributed by atoms with Crippen molar-refractivity contribution in [3.05, 3.63) is 0 Å². The van der Waals surface area contributed by atoms with Crippen LogP contribution in [0.25, 0.3) is 0 Å². The molecule has 0 atom stereocenters. The van der Waals surface area contributed by atoms with Gasteiger partial charge in [-0.1, -0.05) is 0 Å². The summed E-state index contributed by atoms with van der Waals surface area (Å²) < 4.78 is 0.0590. The highest BCUT2D eigenvalue weighted by atomic mass is 32.2. The first-order chi connectivity index (χ1) is 5.87. The predicted octanol–water partition coefficient (Wildman–Crippen LogP) is -0.284. The van der Waals surface area contributed by atoms with Crippen LogP contribution in [0, 0.1) is 0 Å². The Balaban J connectivity index is 4.20. The fourth-order valence-corrected chi connectivity index (χ4v) is 0.697. The summed E-state index contributed by atoms with van der Waals surface area (Å²) in [5, 5.41) is 0. The van der Waals surface area contributed by atoms with E-state index in [1.54, 1.807) is 11.8 Å².